The van der Waals surface area contributed by atoms with Crippen molar-refractivity contribution in [3.63, 3.8) is 0 Å². The van der Waals surface area contributed by atoms with E-state index >= 15 is 0 Å². The Balaban J connectivity index is 1.71. The fraction of sp³-hybridized carbons (Fsp3) is 0.320. The normalized spacial score (nSPS) is 18.2. The van der Waals surface area contributed by atoms with Gasteiger partial charge in [0.15, 0.2) is 0 Å². The van der Waals surface area contributed by atoms with Crippen molar-refractivity contribution in [3.8, 4) is 11.5 Å². The van der Waals surface area contributed by atoms with E-state index in [4.69, 9.17) is 14.2 Å². The largest absolute Gasteiger partial charge is 0.497 e. The zero-order valence-corrected chi connectivity index (χ0v) is 19.6. The monoisotopic (exact) mass is 466 g/mol. The highest BCUT2D eigenvalue weighted by atomic mass is 32.1. The van der Waals surface area contributed by atoms with E-state index in [0.29, 0.717) is 23.6 Å². The van der Waals surface area contributed by atoms with E-state index in [2.05, 4.69) is 4.98 Å². The van der Waals surface area contributed by atoms with Gasteiger partial charge in [-0.1, -0.05) is 18.2 Å². The van der Waals surface area contributed by atoms with Gasteiger partial charge in [0, 0.05) is 23.9 Å². The molecule has 2 atom stereocenters. The smallest absolute Gasteiger partial charge is 0.311 e. The number of carbonyl (C=O) groups excluding carboxylic acids is 2. The molecule has 0 spiro atoms. The Labute approximate surface area is 196 Å². The molecule has 1 saturated heterocycles. The van der Waals surface area contributed by atoms with Crippen LogP contribution >= 0.6 is 11.3 Å². The Bertz CT molecular complexity index is 1130. The van der Waals surface area contributed by atoms with E-state index in [1.165, 1.54) is 11.3 Å². The maximum Gasteiger partial charge on any atom is 0.311 e. The third-order valence-electron chi connectivity index (χ3n) is 5.73. The van der Waals surface area contributed by atoms with Gasteiger partial charge in [0.05, 0.1) is 36.1 Å². The second-order valence-corrected chi connectivity index (χ2v) is 9.07. The van der Waals surface area contributed by atoms with Crippen LogP contribution in [0.1, 0.15) is 34.3 Å². The lowest BCUT2D eigenvalue weighted by Gasteiger charge is -2.40. The van der Waals surface area contributed by atoms with Gasteiger partial charge in [-0.05, 0) is 43.7 Å². The molecule has 0 saturated carbocycles. The van der Waals surface area contributed by atoms with Crippen LogP contribution in [0.5, 0.6) is 11.5 Å². The van der Waals surface area contributed by atoms with Crippen molar-refractivity contribution >= 4 is 28.9 Å². The summed E-state index contributed by atoms with van der Waals surface area (Å²) in [5.74, 6) is 0.357. The number of aromatic nitrogens is 1. The van der Waals surface area contributed by atoms with E-state index < -0.39 is 12.0 Å². The van der Waals surface area contributed by atoms with E-state index in [-0.39, 0.29) is 24.9 Å². The van der Waals surface area contributed by atoms with Crippen molar-refractivity contribution in [3.05, 3.63) is 70.2 Å². The Hall–Kier alpha value is -3.39. The molecular weight excluding hydrogens is 440 g/mol. The first-order chi connectivity index (χ1) is 16.0. The summed E-state index contributed by atoms with van der Waals surface area (Å²) in [4.78, 5) is 33.3. The van der Waals surface area contributed by atoms with Gasteiger partial charge in [-0.25, -0.2) is 4.98 Å². The van der Waals surface area contributed by atoms with Crippen LogP contribution in [0.25, 0.3) is 0 Å². The van der Waals surface area contributed by atoms with Crippen molar-refractivity contribution in [2.24, 2.45) is 5.92 Å². The molecule has 1 fully saturated rings. The van der Waals surface area contributed by atoms with Crippen LogP contribution in [0.4, 0.5) is 5.69 Å². The van der Waals surface area contributed by atoms with Gasteiger partial charge in [-0.3, -0.25) is 9.59 Å². The number of esters is 1. The second kappa shape index (κ2) is 10.0. The van der Waals surface area contributed by atoms with Crippen LogP contribution in [0.3, 0.4) is 0 Å². The third kappa shape index (κ3) is 4.85. The number of benzene rings is 2. The fourth-order valence-corrected chi connectivity index (χ4v) is 4.88. The number of rotatable bonds is 7. The summed E-state index contributed by atoms with van der Waals surface area (Å²) < 4.78 is 16.6. The molecule has 1 aromatic heterocycles. The lowest BCUT2D eigenvalue weighted by Crippen LogP contribution is -2.46. The molecule has 172 valence electrons. The van der Waals surface area contributed by atoms with Crippen LogP contribution in [-0.2, 0) is 20.9 Å². The molecule has 1 aliphatic rings. The number of amides is 1. The van der Waals surface area contributed by atoms with E-state index in [9.17, 15) is 9.59 Å². The number of hydrogen-bond donors (Lipinski definition) is 0. The summed E-state index contributed by atoms with van der Waals surface area (Å²) in [5, 5.41) is 0.918. The lowest BCUT2D eigenvalue weighted by molar-refractivity contribution is -0.152. The molecule has 1 aliphatic heterocycles. The third-order valence-corrected chi connectivity index (χ3v) is 6.62. The lowest BCUT2D eigenvalue weighted by atomic mass is 9.83. The highest BCUT2D eigenvalue weighted by Gasteiger charge is 2.43. The number of thiazole rings is 1. The molecule has 0 bridgehead atoms. The maximum absolute atomic E-state index is 13.3. The first kappa shape index (κ1) is 22.8. The van der Waals surface area contributed by atoms with E-state index in [0.717, 1.165) is 15.4 Å². The molecule has 3 aromatic rings. The Kier molecular flexibility index (Phi) is 6.93. The summed E-state index contributed by atoms with van der Waals surface area (Å²) >= 11 is 1.50. The predicted octanol–water partition coefficient (Wildman–Crippen LogP) is 4.70. The summed E-state index contributed by atoms with van der Waals surface area (Å²) in [6.07, 6.45) is 2.37. The average Bonchev–Trinajstić information content (AvgIpc) is 3.27. The van der Waals surface area contributed by atoms with E-state index in [1.54, 1.807) is 37.4 Å². The van der Waals surface area contributed by atoms with Crippen LogP contribution in [0.2, 0.25) is 0 Å². The molecule has 2 heterocycles. The topological polar surface area (TPSA) is 78.0 Å². The molecule has 8 heteroatoms. The van der Waals surface area contributed by atoms with Crippen molar-refractivity contribution in [1.29, 1.82) is 0 Å². The van der Waals surface area contributed by atoms with Crippen molar-refractivity contribution < 1.29 is 23.8 Å². The predicted molar refractivity (Wildman–Crippen MR) is 126 cm³/mol. The molecule has 0 radical (unpaired) electrons. The number of nitrogens with zero attached hydrogens (tertiary/aromatic N) is 2. The number of carbonyl (C=O) groups is 2. The van der Waals surface area contributed by atoms with Crippen LogP contribution < -0.4 is 14.4 Å². The van der Waals surface area contributed by atoms with Crippen molar-refractivity contribution in [1.82, 2.24) is 4.98 Å². The van der Waals surface area contributed by atoms with Gasteiger partial charge < -0.3 is 19.1 Å². The van der Waals surface area contributed by atoms with E-state index in [1.807, 2.05) is 43.3 Å². The molecule has 33 heavy (non-hydrogen) atoms. The molecule has 0 N–H and O–H groups in total. The SMILES string of the molecule is COc1ccc(N2C(=O)CC[C@H](C(=O)OCc3cnc(C)s3)[C@H]2c2ccccc2OC)cc1. The number of aryl methyl sites for hydroxylation is 1. The maximum atomic E-state index is 13.3. The first-order valence-corrected chi connectivity index (χ1v) is 11.5. The zero-order chi connectivity index (χ0) is 23.4. The number of piperidine rings is 1. The fourth-order valence-electron chi connectivity index (χ4n) is 4.17. The molecule has 0 aliphatic carbocycles. The minimum absolute atomic E-state index is 0.0572. The Morgan fingerprint density at radius 1 is 1.12 bits per heavy atom. The van der Waals surface area contributed by atoms with Crippen LogP contribution in [0.15, 0.2) is 54.7 Å². The number of anilines is 1. The molecule has 7 nitrogen and oxygen atoms in total. The number of para-hydroxylation sites is 1. The molecule has 0 unspecified atom stereocenters. The van der Waals surface area contributed by atoms with Gasteiger partial charge in [0.1, 0.15) is 18.1 Å². The van der Waals surface area contributed by atoms with Crippen LogP contribution in [0, 0.1) is 12.8 Å². The van der Waals surface area contributed by atoms with Crippen LogP contribution in [-0.4, -0.2) is 31.1 Å². The highest BCUT2D eigenvalue weighted by Crippen LogP contribution is 2.43. The van der Waals surface area contributed by atoms with Gasteiger partial charge in [0.25, 0.3) is 0 Å². The quantitative estimate of drug-likeness (QED) is 0.470. The number of hydrogen-bond acceptors (Lipinski definition) is 7. The molecule has 1 amide bonds. The number of ether oxygens (including phenoxy) is 3. The van der Waals surface area contributed by atoms with Gasteiger partial charge >= 0.3 is 5.97 Å². The summed E-state index contributed by atoms with van der Waals surface area (Å²) in [6, 6.07) is 14.2. The molecular formula is C25H26N2O5S. The molecule has 2 aromatic carbocycles. The Morgan fingerprint density at radius 2 is 1.88 bits per heavy atom. The zero-order valence-electron chi connectivity index (χ0n) is 18.8. The highest BCUT2D eigenvalue weighted by molar-refractivity contribution is 7.11. The first-order valence-electron chi connectivity index (χ1n) is 10.7. The van der Waals surface area contributed by atoms with Crippen molar-refractivity contribution in [2.75, 3.05) is 19.1 Å². The summed E-state index contributed by atoms with van der Waals surface area (Å²) in [5.41, 5.74) is 1.45. The standard InChI is InChI=1S/C25H26N2O5S/c1-16-26-14-19(33-16)15-32-25(29)21-12-13-23(28)27(17-8-10-18(30-2)11-9-17)24(21)20-6-4-5-7-22(20)31-3/h4-11,14,21,24H,12-13,15H2,1-3H3/t21-,24+/m0/s1. The summed E-state index contributed by atoms with van der Waals surface area (Å²) in [7, 11) is 3.18. The minimum Gasteiger partial charge on any atom is -0.497 e. The molecule has 4 rings (SSSR count). The average molecular weight is 467 g/mol. The Morgan fingerprint density at radius 3 is 2.55 bits per heavy atom. The van der Waals surface area contributed by atoms with Gasteiger partial charge in [0.2, 0.25) is 5.91 Å². The van der Waals surface area contributed by atoms with Gasteiger partial charge in [-0.2, -0.15) is 0 Å². The second-order valence-electron chi connectivity index (χ2n) is 7.75. The number of methoxy groups -OCH3 is 2. The van der Waals surface area contributed by atoms with Crippen molar-refractivity contribution in [2.45, 2.75) is 32.4 Å². The summed E-state index contributed by atoms with van der Waals surface area (Å²) in [6.45, 7) is 2.07. The minimum atomic E-state index is -0.563. The van der Waals surface area contributed by atoms with Gasteiger partial charge in [-0.15, -0.1) is 11.3 Å².